The van der Waals surface area contributed by atoms with Crippen LogP contribution in [-0.4, -0.2) is 19.9 Å². The molecule has 0 amide bonds. The average Bonchev–Trinajstić information content (AvgIpc) is 3.28. The Labute approximate surface area is 168 Å². The van der Waals surface area contributed by atoms with Crippen LogP contribution in [0.1, 0.15) is 5.69 Å². The molecule has 0 fully saturated rings. The smallest absolute Gasteiger partial charge is 0.210 e. The molecule has 0 atom stereocenters. The van der Waals surface area contributed by atoms with Gasteiger partial charge in [-0.15, -0.1) is 21.5 Å². The molecule has 0 aliphatic carbocycles. The Bertz CT molecular complexity index is 1090. The van der Waals surface area contributed by atoms with Gasteiger partial charge in [0.1, 0.15) is 10.8 Å². The molecular formula is C18H13ClFN5S2. The first-order valence-corrected chi connectivity index (χ1v) is 10.2. The predicted octanol–water partition coefficient (Wildman–Crippen LogP) is 4.87. The molecule has 2 aromatic heterocycles. The number of hydrogen-bond acceptors (Lipinski definition) is 6. The highest BCUT2D eigenvalue weighted by Gasteiger charge is 2.16. The zero-order valence-electron chi connectivity index (χ0n) is 13.8. The van der Waals surface area contributed by atoms with Crippen LogP contribution in [0.15, 0.2) is 59.1 Å². The third-order valence-electron chi connectivity index (χ3n) is 3.78. The number of hydrogen-bond donors (Lipinski definition) is 1. The quantitative estimate of drug-likeness (QED) is 0.370. The van der Waals surface area contributed by atoms with E-state index < -0.39 is 5.82 Å². The second-order valence-electron chi connectivity index (χ2n) is 5.57. The van der Waals surface area contributed by atoms with Crippen molar-refractivity contribution in [3.05, 3.63) is 70.4 Å². The van der Waals surface area contributed by atoms with Crippen LogP contribution in [0.5, 0.6) is 0 Å². The van der Waals surface area contributed by atoms with Gasteiger partial charge in [0.15, 0.2) is 5.82 Å². The molecule has 9 heteroatoms. The van der Waals surface area contributed by atoms with E-state index >= 15 is 0 Å². The molecular weight excluding hydrogens is 405 g/mol. The number of benzene rings is 2. The SMILES string of the molecule is Nn1c(SCc2csc(-c3ccccc3Cl)n2)nnc1-c1ccccc1F. The highest BCUT2D eigenvalue weighted by Crippen LogP contribution is 2.32. The van der Waals surface area contributed by atoms with Crippen molar-refractivity contribution in [3.8, 4) is 22.0 Å². The lowest BCUT2D eigenvalue weighted by Gasteiger charge is -2.04. The number of thioether (sulfide) groups is 1. The Kier molecular flexibility index (Phi) is 5.11. The number of thiazole rings is 1. The van der Waals surface area contributed by atoms with Gasteiger partial charge in [-0.1, -0.05) is 53.7 Å². The molecule has 0 aliphatic rings. The van der Waals surface area contributed by atoms with E-state index in [-0.39, 0.29) is 5.82 Å². The van der Waals surface area contributed by atoms with Gasteiger partial charge in [-0.3, -0.25) is 0 Å². The average molecular weight is 418 g/mol. The molecule has 2 aromatic carbocycles. The van der Waals surface area contributed by atoms with Crippen LogP contribution in [0.25, 0.3) is 22.0 Å². The van der Waals surface area contributed by atoms with Gasteiger partial charge >= 0.3 is 0 Å². The van der Waals surface area contributed by atoms with Crippen LogP contribution >= 0.6 is 34.7 Å². The van der Waals surface area contributed by atoms with E-state index in [0.29, 0.717) is 21.5 Å². The number of aromatic nitrogens is 4. The molecule has 2 heterocycles. The molecule has 0 bridgehead atoms. The molecule has 2 N–H and O–H groups in total. The van der Waals surface area contributed by atoms with Crippen LogP contribution in [-0.2, 0) is 5.75 Å². The first-order chi connectivity index (χ1) is 13.1. The van der Waals surface area contributed by atoms with Gasteiger partial charge in [-0.05, 0) is 18.2 Å². The maximum absolute atomic E-state index is 13.9. The van der Waals surface area contributed by atoms with Crippen LogP contribution in [0, 0.1) is 5.82 Å². The van der Waals surface area contributed by atoms with Crippen molar-refractivity contribution in [1.82, 2.24) is 19.9 Å². The Morgan fingerprint density at radius 1 is 1.07 bits per heavy atom. The van der Waals surface area contributed by atoms with E-state index in [0.717, 1.165) is 16.3 Å². The Balaban J connectivity index is 1.51. The maximum Gasteiger partial charge on any atom is 0.210 e. The van der Waals surface area contributed by atoms with Crippen molar-refractivity contribution < 1.29 is 4.39 Å². The second kappa shape index (κ2) is 7.67. The van der Waals surface area contributed by atoms with E-state index in [1.165, 1.54) is 33.8 Å². The fraction of sp³-hybridized carbons (Fsp3) is 0.0556. The normalized spacial score (nSPS) is 11.0. The van der Waals surface area contributed by atoms with Crippen LogP contribution < -0.4 is 5.84 Å². The van der Waals surface area contributed by atoms with E-state index in [4.69, 9.17) is 17.4 Å². The topological polar surface area (TPSA) is 69.6 Å². The number of nitrogens with two attached hydrogens (primary N) is 1. The third-order valence-corrected chi connectivity index (χ3v) is 6.02. The highest BCUT2D eigenvalue weighted by atomic mass is 35.5. The van der Waals surface area contributed by atoms with Gasteiger partial charge in [-0.2, -0.15) is 0 Å². The van der Waals surface area contributed by atoms with Crippen molar-refractivity contribution in [2.75, 3.05) is 5.84 Å². The molecule has 0 spiro atoms. The lowest BCUT2D eigenvalue weighted by Crippen LogP contribution is -2.12. The minimum Gasteiger partial charge on any atom is -0.335 e. The van der Waals surface area contributed by atoms with E-state index in [9.17, 15) is 4.39 Å². The Morgan fingerprint density at radius 3 is 2.59 bits per heavy atom. The largest absolute Gasteiger partial charge is 0.335 e. The number of nitrogens with zero attached hydrogens (tertiary/aromatic N) is 4. The summed E-state index contributed by atoms with van der Waals surface area (Å²) in [6.07, 6.45) is 0. The zero-order chi connectivity index (χ0) is 18.8. The van der Waals surface area contributed by atoms with Crippen molar-refractivity contribution in [3.63, 3.8) is 0 Å². The monoisotopic (exact) mass is 417 g/mol. The second-order valence-corrected chi connectivity index (χ2v) is 7.78. The number of rotatable bonds is 5. The standard InChI is InChI=1S/C18H13ClFN5S2/c19-14-7-3-1-5-12(14)17-22-11(9-26-17)10-27-18-24-23-16(25(18)21)13-6-2-4-8-15(13)20/h1-9H,10,21H2. The van der Waals surface area contributed by atoms with E-state index in [1.807, 2.05) is 29.6 Å². The van der Waals surface area contributed by atoms with Crippen LogP contribution in [0.3, 0.4) is 0 Å². The van der Waals surface area contributed by atoms with Crippen molar-refractivity contribution >= 4 is 34.7 Å². The summed E-state index contributed by atoms with van der Waals surface area (Å²) in [6.45, 7) is 0. The van der Waals surface area contributed by atoms with Crippen molar-refractivity contribution in [2.45, 2.75) is 10.9 Å². The van der Waals surface area contributed by atoms with Crippen LogP contribution in [0.2, 0.25) is 5.02 Å². The molecule has 4 aromatic rings. The van der Waals surface area contributed by atoms with Gasteiger partial charge in [0.25, 0.3) is 0 Å². The van der Waals surface area contributed by atoms with Gasteiger partial charge in [-0.25, -0.2) is 14.1 Å². The fourth-order valence-corrected chi connectivity index (χ4v) is 4.47. The minimum absolute atomic E-state index is 0.283. The first-order valence-electron chi connectivity index (χ1n) is 7.91. The van der Waals surface area contributed by atoms with Crippen molar-refractivity contribution in [2.24, 2.45) is 0 Å². The molecule has 0 radical (unpaired) electrons. The predicted molar refractivity (Wildman–Crippen MR) is 108 cm³/mol. The molecule has 5 nitrogen and oxygen atoms in total. The number of nitrogen functional groups attached to an aromatic ring is 1. The third kappa shape index (κ3) is 3.69. The summed E-state index contributed by atoms with van der Waals surface area (Å²) >= 11 is 9.14. The molecule has 136 valence electrons. The summed E-state index contributed by atoms with van der Waals surface area (Å²) in [7, 11) is 0. The first kappa shape index (κ1) is 18.0. The molecule has 0 saturated carbocycles. The van der Waals surface area contributed by atoms with Gasteiger partial charge in [0.05, 0.1) is 16.3 Å². The van der Waals surface area contributed by atoms with Gasteiger partial charge in [0.2, 0.25) is 5.16 Å². The summed E-state index contributed by atoms with van der Waals surface area (Å²) in [6, 6.07) is 13.9. The summed E-state index contributed by atoms with van der Waals surface area (Å²) in [5, 5.41) is 12.1. The maximum atomic E-state index is 13.9. The minimum atomic E-state index is -0.392. The van der Waals surface area contributed by atoms with Gasteiger partial charge in [0, 0.05) is 16.7 Å². The van der Waals surface area contributed by atoms with Gasteiger partial charge < -0.3 is 5.84 Å². The van der Waals surface area contributed by atoms with E-state index in [2.05, 4.69) is 15.2 Å². The molecule has 27 heavy (non-hydrogen) atoms. The zero-order valence-corrected chi connectivity index (χ0v) is 16.2. The van der Waals surface area contributed by atoms with Crippen molar-refractivity contribution in [1.29, 1.82) is 0 Å². The molecule has 4 rings (SSSR count). The summed E-state index contributed by atoms with van der Waals surface area (Å²) in [4.78, 5) is 4.62. The van der Waals surface area contributed by atoms with E-state index in [1.54, 1.807) is 18.2 Å². The molecule has 0 saturated heterocycles. The Hall–Kier alpha value is -2.42. The summed E-state index contributed by atoms with van der Waals surface area (Å²) in [5.74, 6) is 6.51. The summed E-state index contributed by atoms with van der Waals surface area (Å²) in [5.41, 5.74) is 2.11. The lowest BCUT2D eigenvalue weighted by molar-refractivity contribution is 0.629. The number of halogens is 2. The molecule has 0 unspecified atom stereocenters. The Morgan fingerprint density at radius 2 is 1.81 bits per heavy atom. The summed E-state index contributed by atoms with van der Waals surface area (Å²) < 4.78 is 15.2. The fourth-order valence-electron chi connectivity index (χ4n) is 2.47. The lowest BCUT2D eigenvalue weighted by atomic mass is 10.2. The molecule has 0 aliphatic heterocycles. The highest BCUT2D eigenvalue weighted by molar-refractivity contribution is 7.98. The van der Waals surface area contributed by atoms with Crippen LogP contribution in [0.4, 0.5) is 4.39 Å².